The van der Waals surface area contributed by atoms with E-state index < -0.39 is 6.36 Å². The van der Waals surface area contributed by atoms with E-state index in [1.54, 1.807) is 26.1 Å². The number of hydrogen-bond acceptors (Lipinski definition) is 2. The topological polar surface area (TPSA) is 34.0 Å². The molecule has 0 saturated carbocycles. The number of amidine groups is 1. The van der Waals surface area contributed by atoms with Gasteiger partial charge in [0, 0.05) is 23.3 Å². The molecule has 1 unspecified atom stereocenters. The van der Waals surface area contributed by atoms with Crippen molar-refractivity contribution >= 4 is 42.5 Å². The van der Waals surface area contributed by atoms with Crippen molar-refractivity contribution in [1.82, 2.24) is 0 Å². The third kappa shape index (κ3) is 9.16. The third-order valence-electron chi connectivity index (χ3n) is 3.12. The SMILES string of the molecule is CCC=NC(=NC)c1ccc(Br)c(P)c1.Cc1ccc(OC(F)(F)F)cc1. The Morgan fingerprint density at radius 3 is 2.30 bits per heavy atom. The Kier molecular flexibility index (Phi) is 9.67. The number of halogens is 4. The first kappa shape index (κ1) is 23.3. The van der Waals surface area contributed by atoms with Crippen LogP contribution < -0.4 is 10.0 Å². The minimum absolute atomic E-state index is 0.187. The molecule has 0 N–H and O–H groups in total. The normalized spacial score (nSPS) is 11.9. The van der Waals surface area contributed by atoms with Crippen molar-refractivity contribution in [2.75, 3.05) is 7.05 Å². The average molecular weight is 461 g/mol. The molecule has 0 spiro atoms. The summed E-state index contributed by atoms with van der Waals surface area (Å²) in [4.78, 5) is 8.46. The van der Waals surface area contributed by atoms with E-state index in [1.165, 1.54) is 12.1 Å². The Morgan fingerprint density at radius 2 is 1.81 bits per heavy atom. The number of benzene rings is 2. The van der Waals surface area contributed by atoms with Gasteiger partial charge < -0.3 is 4.74 Å². The quantitative estimate of drug-likeness (QED) is 0.328. The van der Waals surface area contributed by atoms with Gasteiger partial charge in [0.25, 0.3) is 0 Å². The van der Waals surface area contributed by atoms with Gasteiger partial charge in [0.2, 0.25) is 0 Å². The van der Waals surface area contributed by atoms with Crippen LogP contribution >= 0.6 is 25.2 Å². The lowest BCUT2D eigenvalue weighted by atomic mass is 10.2. The van der Waals surface area contributed by atoms with Crippen molar-refractivity contribution in [3.8, 4) is 5.75 Å². The second kappa shape index (κ2) is 11.2. The van der Waals surface area contributed by atoms with Gasteiger partial charge in [-0.1, -0.05) is 46.6 Å². The van der Waals surface area contributed by atoms with Gasteiger partial charge in [-0.2, -0.15) is 0 Å². The van der Waals surface area contributed by atoms with Gasteiger partial charge in [0.05, 0.1) is 0 Å². The minimum atomic E-state index is -4.60. The number of alkyl halides is 3. The van der Waals surface area contributed by atoms with Crippen LogP contribution in [0.3, 0.4) is 0 Å². The molecule has 1 atom stereocenters. The lowest BCUT2D eigenvalue weighted by Gasteiger charge is -2.08. The van der Waals surface area contributed by atoms with Crippen molar-refractivity contribution < 1.29 is 17.9 Å². The lowest BCUT2D eigenvalue weighted by molar-refractivity contribution is -0.274. The fraction of sp³-hybridized carbons (Fsp3) is 0.263. The molecule has 2 aromatic carbocycles. The molecule has 0 aromatic heterocycles. The van der Waals surface area contributed by atoms with Crippen molar-refractivity contribution in [3.05, 3.63) is 58.1 Å². The summed E-state index contributed by atoms with van der Waals surface area (Å²) in [7, 11) is 4.44. The zero-order valence-corrected chi connectivity index (χ0v) is 18.0. The Morgan fingerprint density at radius 1 is 1.19 bits per heavy atom. The van der Waals surface area contributed by atoms with E-state index >= 15 is 0 Å². The first-order valence-corrected chi connectivity index (χ1v) is 9.40. The predicted octanol–water partition coefficient (Wildman–Crippen LogP) is 5.70. The summed E-state index contributed by atoms with van der Waals surface area (Å²) >= 11 is 3.45. The van der Waals surface area contributed by atoms with Gasteiger partial charge in [-0.05, 0) is 42.9 Å². The second-order valence-corrected chi connectivity index (χ2v) is 6.84. The number of hydrogen-bond donors (Lipinski definition) is 0. The molecule has 0 saturated heterocycles. The zero-order valence-electron chi connectivity index (χ0n) is 15.2. The molecule has 0 aliphatic heterocycles. The number of nitrogens with zero attached hydrogens (tertiary/aromatic N) is 2. The molecule has 27 heavy (non-hydrogen) atoms. The van der Waals surface area contributed by atoms with E-state index in [0.717, 1.165) is 33.2 Å². The van der Waals surface area contributed by atoms with Crippen LogP contribution in [0.1, 0.15) is 24.5 Å². The fourth-order valence-electron chi connectivity index (χ4n) is 1.86. The van der Waals surface area contributed by atoms with Gasteiger partial charge in [0.1, 0.15) is 5.75 Å². The van der Waals surface area contributed by atoms with Crippen LogP contribution in [0.5, 0.6) is 5.75 Å². The van der Waals surface area contributed by atoms with Crippen LogP contribution in [0, 0.1) is 6.92 Å². The largest absolute Gasteiger partial charge is 0.573 e. The predicted molar refractivity (Wildman–Crippen MR) is 113 cm³/mol. The average Bonchev–Trinajstić information content (AvgIpc) is 2.60. The fourth-order valence-corrected chi connectivity index (χ4v) is 2.38. The summed E-state index contributed by atoms with van der Waals surface area (Å²) in [5.41, 5.74) is 1.93. The molecule has 0 heterocycles. The van der Waals surface area contributed by atoms with Crippen LogP contribution in [0.15, 0.2) is 56.9 Å². The van der Waals surface area contributed by atoms with Crippen LogP contribution in [-0.4, -0.2) is 25.5 Å². The molecule has 0 fully saturated rings. The standard InChI is InChI=1S/C11H14BrN2P.C8H7F3O/c1-3-6-14-11(13-2)8-4-5-9(12)10(15)7-8;1-6-2-4-7(5-3-6)12-8(9,10)11/h4-7H,3,15H2,1-2H3;2-5H,1H3. The highest BCUT2D eigenvalue weighted by Crippen LogP contribution is 2.22. The first-order chi connectivity index (χ1) is 12.7. The van der Waals surface area contributed by atoms with Crippen molar-refractivity contribution in [2.24, 2.45) is 9.98 Å². The van der Waals surface area contributed by atoms with E-state index in [4.69, 9.17) is 0 Å². The van der Waals surface area contributed by atoms with Crippen molar-refractivity contribution in [1.29, 1.82) is 0 Å². The molecule has 0 aliphatic rings. The maximum absolute atomic E-state index is 11.6. The van der Waals surface area contributed by atoms with Crippen molar-refractivity contribution in [2.45, 2.75) is 26.6 Å². The van der Waals surface area contributed by atoms with Gasteiger partial charge in [-0.25, -0.2) is 4.99 Å². The van der Waals surface area contributed by atoms with Gasteiger partial charge >= 0.3 is 6.36 Å². The molecule has 146 valence electrons. The molecule has 2 rings (SSSR count). The molecular weight excluding hydrogens is 440 g/mol. The molecule has 0 aliphatic carbocycles. The molecular formula is C19H21BrF3N2OP. The third-order valence-corrected chi connectivity index (χ3v) is 4.74. The molecule has 2 aromatic rings. The molecule has 0 amide bonds. The highest BCUT2D eigenvalue weighted by Gasteiger charge is 2.30. The summed E-state index contributed by atoms with van der Waals surface area (Å²) in [6.07, 6.45) is -1.81. The number of aliphatic imine (C=N–C) groups is 2. The smallest absolute Gasteiger partial charge is 0.406 e. The Balaban J connectivity index is 0.000000277. The van der Waals surface area contributed by atoms with Crippen LogP contribution in [0.2, 0.25) is 0 Å². The van der Waals surface area contributed by atoms with E-state index in [1.807, 2.05) is 24.4 Å². The number of rotatable bonds is 3. The maximum atomic E-state index is 11.6. The maximum Gasteiger partial charge on any atom is 0.573 e. The van der Waals surface area contributed by atoms with E-state index in [-0.39, 0.29) is 5.75 Å². The van der Waals surface area contributed by atoms with Crippen LogP contribution in [0.4, 0.5) is 13.2 Å². The Hall–Kier alpha value is -1.72. The second-order valence-electron chi connectivity index (χ2n) is 5.36. The highest BCUT2D eigenvalue weighted by atomic mass is 79.9. The number of ether oxygens (including phenoxy) is 1. The molecule has 3 nitrogen and oxygen atoms in total. The van der Waals surface area contributed by atoms with Crippen LogP contribution in [0.25, 0.3) is 0 Å². The Bertz CT molecular complexity index is 791. The van der Waals surface area contributed by atoms with Crippen LogP contribution in [-0.2, 0) is 0 Å². The minimum Gasteiger partial charge on any atom is -0.406 e. The molecule has 0 radical (unpaired) electrons. The number of aryl methyl sites for hydroxylation is 1. The van der Waals surface area contributed by atoms with E-state index in [9.17, 15) is 13.2 Å². The van der Waals surface area contributed by atoms with E-state index in [0.29, 0.717) is 0 Å². The highest BCUT2D eigenvalue weighted by molar-refractivity contribution is 9.10. The summed E-state index contributed by atoms with van der Waals surface area (Å²) in [5, 5.41) is 1.11. The molecule has 0 bridgehead atoms. The summed E-state index contributed by atoms with van der Waals surface area (Å²) in [6.45, 7) is 3.84. The van der Waals surface area contributed by atoms with Gasteiger partial charge in [-0.3, -0.25) is 4.99 Å². The van der Waals surface area contributed by atoms with Gasteiger partial charge in [-0.15, -0.1) is 22.4 Å². The Labute approximate surface area is 168 Å². The first-order valence-electron chi connectivity index (χ1n) is 8.03. The van der Waals surface area contributed by atoms with Gasteiger partial charge in [0.15, 0.2) is 5.84 Å². The van der Waals surface area contributed by atoms with Crippen molar-refractivity contribution in [3.63, 3.8) is 0 Å². The summed E-state index contributed by atoms with van der Waals surface area (Å²) in [5.74, 6) is 0.584. The zero-order chi connectivity index (χ0) is 20.4. The van der Waals surface area contributed by atoms with E-state index in [2.05, 4.69) is 46.8 Å². The monoisotopic (exact) mass is 460 g/mol. The summed E-state index contributed by atoms with van der Waals surface area (Å²) < 4.78 is 39.6. The lowest BCUT2D eigenvalue weighted by Crippen LogP contribution is -2.16. The molecule has 8 heteroatoms. The summed E-state index contributed by atoms with van der Waals surface area (Å²) in [6, 6.07) is 11.7.